The van der Waals surface area contributed by atoms with Gasteiger partial charge in [0.1, 0.15) is 5.75 Å². The number of nitrogens with one attached hydrogen (secondary N) is 1. The summed E-state index contributed by atoms with van der Waals surface area (Å²) in [5.41, 5.74) is 1.22. The molecule has 1 aliphatic rings. The maximum absolute atomic E-state index is 11.0. The summed E-state index contributed by atoms with van der Waals surface area (Å²) in [4.78, 5) is 24.2. The van der Waals surface area contributed by atoms with Crippen LogP contribution in [0.15, 0.2) is 42.7 Å². The maximum Gasteiger partial charge on any atom is 0.409 e. The molecule has 0 spiro atoms. The summed E-state index contributed by atoms with van der Waals surface area (Å²) in [5, 5.41) is 2.36. The fourth-order valence-corrected chi connectivity index (χ4v) is 2.73. The molecule has 8 heteroatoms. The second-order valence-electron chi connectivity index (χ2n) is 5.90. The first-order valence-electron chi connectivity index (χ1n) is 8.55. The number of benzene rings is 1. The molecule has 1 saturated heterocycles. The molecule has 0 aliphatic carbocycles. The maximum atomic E-state index is 11.0. The number of hydrogen-bond acceptors (Lipinski definition) is 7. The van der Waals surface area contributed by atoms with Crippen molar-refractivity contribution < 1.29 is 14.3 Å². The summed E-state index contributed by atoms with van der Waals surface area (Å²) in [6.07, 6.45) is 3.04. The Morgan fingerprint density at radius 1 is 1.12 bits per heavy atom. The molecule has 0 atom stereocenters. The minimum atomic E-state index is -0.512. The summed E-state index contributed by atoms with van der Waals surface area (Å²) in [7, 11) is 1.50. The van der Waals surface area contributed by atoms with Crippen LogP contribution in [0.5, 0.6) is 5.75 Å². The monoisotopic (exact) mass is 357 g/mol. The van der Waals surface area contributed by atoms with E-state index < -0.39 is 6.09 Å². The summed E-state index contributed by atoms with van der Waals surface area (Å²) >= 11 is 0. The number of nitrogens with zero attached hydrogens (tertiary/aromatic N) is 4. The van der Waals surface area contributed by atoms with Gasteiger partial charge in [0.15, 0.2) is 0 Å². The number of rotatable bonds is 6. The Kier molecular flexibility index (Phi) is 6.21. The lowest BCUT2D eigenvalue weighted by atomic mass is 10.2. The minimum Gasteiger partial charge on any atom is -0.457 e. The number of carbonyl (C=O) groups excluding carboxylic acids is 1. The van der Waals surface area contributed by atoms with Crippen molar-refractivity contribution in [3.8, 4) is 5.75 Å². The SMILES string of the molecule is CNC(=O)OCOc1ccc(CN2CCN(c3ncccn3)CC2)cc1. The topological polar surface area (TPSA) is 79.8 Å². The molecule has 1 aromatic heterocycles. The van der Waals surface area contributed by atoms with Crippen molar-refractivity contribution in [3.63, 3.8) is 0 Å². The molecule has 2 aromatic rings. The van der Waals surface area contributed by atoms with Gasteiger partial charge in [0.05, 0.1) is 0 Å². The Bertz CT molecular complexity index is 688. The van der Waals surface area contributed by atoms with Crippen molar-refractivity contribution >= 4 is 12.0 Å². The minimum absolute atomic E-state index is 0.109. The highest BCUT2D eigenvalue weighted by molar-refractivity contribution is 5.66. The summed E-state index contributed by atoms with van der Waals surface area (Å²) in [6.45, 7) is 4.55. The van der Waals surface area contributed by atoms with Crippen molar-refractivity contribution in [1.82, 2.24) is 20.2 Å². The lowest BCUT2D eigenvalue weighted by Crippen LogP contribution is -2.46. The molecular weight excluding hydrogens is 334 g/mol. The number of amides is 1. The van der Waals surface area contributed by atoms with Crippen LogP contribution in [-0.2, 0) is 11.3 Å². The Morgan fingerprint density at radius 2 is 1.81 bits per heavy atom. The molecule has 0 saturated carbocycles. The van der Waals surface area contributed by atoms with Crippen LogP contribution in [0.4, 0.5) is 10.7 Å². The quantitative estimate of drug-likeness (QED) is 0.785. The highest BCUT2D eigenvalue weighted by atomic mass is 16.7. The van der Waals surface area contributed by atoms with E-state index in [0.717, 1.165) is 38.7 Å². The van der Waals surface area contributed by atoms with E-state index in [4.69, 9.17) is 9.47 Å². The molecule has 1 fully saturated rings. The lowest BCUT2D eigenvalue weighted by molar-refractivity contribution is 0.0608. The molecule has 1 amide bonds. The van der Waals surface area contributed by atoms with Gasteiger partial charge in [-0.1, -0.05) is 12.1 Å². The van der Waals surface area contributed by atoms with Crippen LogP contribution in [0, 0.1) is 0 Å². The van der Waals surface area contributed by atoms with Crippen LogP contribution in [-0.4, -0.2) is 61.0 Å². The highest BCUT2D eigenvalue weighted by Gasteiger charge is 2.18. The van der Waals surface area contributed by atoms with E-state index in [-0.39, 0.29) is 6.79 Å². The average molecular weight is 357 g/mol. The van der Waals surface area contributed by atoms with Crippen LogP contribution in [0.2, 0.25) is 0 Å². The van der Waals surface area contributed by atoms with Gasteiger partial charge in [0.25, 0.3) is 0 Å². The van der Waals surface area contributed by atoms with Crippen LogP contribution < -0.4 is 15.0 Å². The lowest BCUT2D eigenvalue weighted by Gasteiger charge is -2.34. The Morgan fingerprint density at radius 3 is 2.46 bits per heavy atom. The molecule has 26 heavy (non-hydrogen) atoms. The molecular formula is C18H23N5O3. The highest BCUT2D eigenvalue weighted by Crippen LogP contribution is 2.16. The van der Waals surface area contributed by atoms with Gasteiger partial charge in [-0.05, 0) is 23.8 Å². The third-order valence-electron chi connectivity index (χ3n) is 4.16. The van der Waals surface area contributed by atoms with E-state index in [1.54, 1.807) is 12.4 Å². The third-order valence-corrected chi connectivity index (χ3v) is 4.16. The molecule has 8 nitrogen and oxygen atoms in total. The first kappa shape index (κ1) is 17.9. The van der Waals surface area contributed by atoms with Gasteiger partial charge in [0, 0.05) is 52.2 Å². The number of alkyl carbamates (subject to hydrolysis) is 1. The first-order chi connectivity index (χ1) is 12.7. The molecule has 1 aromatic carbocycles. The predicted molar refractivity (Wildman–Crippen MR) is 97.0 cm³/mol. The zero-order valence-electron chi connectivity index (χ0n) is 14.8. The number of anilines is 1. The van der Waals surface area contributed by atoms with Gasteiger partial charge in [-0.3, -0.25) is 4.90 Å². The summed E-state index contributed by atoms with van der Waals surface area (Å²) in [6, 6.07) is 9.66. The van der Waals surface area contributed by atoms with Gasteiger partial charge in [0.2, 0.25) is 12.7 Å². The first-order valence-corrected chi connectivity index (χ1v) is 8.55. The van der Waals surface area contributed by atoms with Crippen LogP contribution in [0.3, 0.4) is 0 Å². The van der Waals surface area contributed by atoms with Crippen molar-refractivity contribution in [2.75, 3.05) is 44.9 Å². The van der Waals surface area contributed by atoms with E-state index in [2.05, 4.69) is 25.1 Å². The molecule has 0 bridgehead atoms. The molecule has 0 radical (unpaired) electrons. The Labute approximate surface area is 152 Å². The van der Waals surface area contributed by atoms with Gasteiger partial charge in [-0.15, -0.1) is 0 Å². The van der Waals surface area contributed by atoms with E-state index >= 15 is 0 Å². The zero-order valence-corrected chi connectivity index (χ0v) is 14.8. The normalized spacial score (nSPS) is 14.7. The predicted octanol–water partition coefficient (Wildman–Crippen LogP) is 1.49. The van der Waals surface area contributed by atoms with Crippen LogP contribution in [0.25, 0.3) is 0 Å². The smallest absolute Gasteiger partial charge is 0.409 e. The Hall–Kier alpha value is -2.87. The van der Waals surface area contributed by atoms with Crippen molar-refractivity contribution in [1.29, 1.82) is 0 Å². The van der Waals surface area contributed by atoms with Gasteiger partial charge in [-0.2, -0.15) is 0 Å². The third kappa shape index (κ3) is 5.06. The van der Waals surface area contributed by atoms with Gasteiger partial charge >= 0.3 is 6.09 Å². The number of piperazine rings is 1. The van der Waals surface area contributed by atoms with E-state index in [1.165, 1.54) is 12.6 Å². The van der Waals surface area contributed by atoms with E-state index in [0.29, 0.717) is 5.75 Å². The number of hydrogen-bond donors (Lipinski definition) is 1. The second-order valence-corrected chi connectivity index (χ2v) is 5.90. The second kappa shape index (κ2) is 9.00. The molecule has 1 N–H and O–H groups in total. The fraction of sp³-hybridized carbons (Fsp3) is 0.389. The van der Waals surface area contributed by atoms with Crippen LogP contribution in [0.1, 0.15) is 5.56 Å². The average Bonchev–Trinajstić information content (AvgIpc) is 2.70. The zero-order chi connectivity index (χ0) is 18.2. The number of aromatic nitrogens is 2. The van der Waals surface area contributed by atoms with E-state index in [9.17, 15) is 4.79 Å². The van der Waals surface area contributed by atoms with E-state index in [1.807, 2.05) is 30.3 Å². The largest absolute Gasteiger partial charge is 0.457 e. The van der Waals surface area contributed by atoms with Gasteiger partial charge < -0.3 is 19.7 Å². The molecule has 2 heterocycles. The molecule has 1 aliphatic heterocycles. The molecule has 0 unspecified atom stereocenters. The number of ether oxygens (including phenoxy) is 2. The Balaban J connectivity index is 1.43. The molecule has 3 rings (SSSR count). The summed E-state index contributed by atoms with van der Waals surface area (Å²) in [5.74, 6) is 1.47. The van der Waals surface area contributed by atoms with Gasteiger partial charge in [-0.25, -0.2) is 14.8 Å². The fourth-order valence-electron chi connectivity index (χ4n) is 2.73. The standard InChI is InChI=1S/C18H23N5O3/c1-19-18(24)26-14-25-16-5-3-15(4-6-16)13-22-9-11-23(12-10-22)17-20-7-2-8-21-17/h2-8H,9-14H2,1H3,(H,19,24). The molecule has 138 valence electrons. The van der Waals surface area contributed by atoms with Crippen LogP contribution >= 0.6 is 0 Å². The summed E-state index contributed by atoms with van der Waals surface area (Å²) < 4.78 is 10.2. The van der Waals surface area contributed by atoms with Crippen molar-refractivity contribution in [2.45, 2.75) is 6.54 Å². The number of carbonyl (C=O) groups is 1. The van der Waals surface area contributed by atoms with Crippen molar-refractivity contribution in [3.05, 3.63) is 48.3 Å². The van der Waals surface area contributed by atoms with Crippen molar-refractivity contribution in [2.24, 2.45) is 0 Å².